The number of nitrogens with zero attached hydrogens (tertiary/aromatic N) is 1. The van der Waals surface area contributed by atoms with E-state index >= 15 is 0 Å². The lowest BCUT2D eigenvalue weighted by Crippen LogP contribution is -2.38. The van der Waals surface area contributed by atoms with Gasteiger partial charge in [0.15, 0.2) is 0 Å². The minimum Gasteiger partial charge on any atom is -0.354 e. The van der Waals surface area contributed by atoms with Crippen molar-refractivity contribution in [3.63, 3.8) is 0 Å². The average Bonchev–Trinajstić information content (AvgIpc) is 2.89. The van der Waals surface area contributed by atoms with E-state index in [0.29, 0.717) is 18.0 Å². The molecule has 0 bridgehead atoms. The third kappa shape index (κ3) is 3.57. The Morgan fingerprint density at radius 1 is 1.30 bits per heavy atom. The molecule has 1 aromatic heterocycles. The maximum absolute atomic E-state index is 11.9. The van der Waals surface area contributed by atoms with E-state index in [1.165, 1.54) is 0 Å². The van der Waals surface area contributed by atoms with Gasteiger partial charge in [0.1, 0.15) is 0 Å². The number of amides is 2. The van der Waals surface area contributed by atoms with Gasteiger partial charge >= 0.3 is 0 Å². The number of carbonyl (C=O) groups is 2. The molecule has 6 nitrogen and oxygen atoms in total. The molecular formula is C14H18N4O2. The van der Waals surface area contributed by atoms with Crippen LogP contribution in [-0.2, 0) is 4.79 Å². The molecule has 0 radical (unpaired) electrons. The molecule has 0 unspecified atom stereocenters. The van der Waals surface area contributed by atoms with Crippen LogP contribution in [0.2, 0.25) is 0 Å². The number of aromatic amines is 1. The van der Waals surface area contributed by atoms with Crippen LogP contribution < -0.4 is 10.6 Å². The summed E-state index contributed by atoms with van der Waals surface area (Å²) in [7, 11) is 0. The van der Waals surface area contributed by atoms with Crippen LogP contribution in [0, 0.1) is 5.92 Å². The van der Waals surface area contributed by atoms with Crippen LogP contribution in [0.3, 0.4) is 0 Å². The minimum absolute atomic E-state index is 0.0213. The number of hydrogen-bond acceptors (Lipinski definition) is 3. The van der Waals surface area contributed by atoms with Crippen molar-refractivity contribution >= 4 is 22.7 Å². The molecule has 6 heteroatoms. The fraction of sp³-hybridized carbons (Fsp3) is 0.357. The van der Waals surface area contributed by atoms with E-state index < -0.39 is 0 Å². The molecule has 0 aliphatic carbocycles. The van der Waals surface area contributed by atoms with E-state index in [4.69, 9.17) is 0 Å². The fourth-order valence-corrected chi connectivity index (χ4v) is 1.72. The molecule has 0 aliphatic heterocycles. The molecule has 0 saturated carbocycles. The van der Waals surface area contributed by atoms with Gasteiger partial charge in [0.05, 0.1) is 18.3 Å². The molecule has 1 aromatic carbocycles. The van der Waals surface area contributed by atoms with Crippen LogP contribution in [0.25, 0.3) is 10.9 Å². The zero-order valence-corrected chi connectivity index (χ0v) is 11.6. The monoisotopic (exact) mass is 274 g/mol. The summed E-state index contributed by atoms with van der Waals surface area (Å²) < 4.78 is 0. The predicted octanol–water partition coefficient (Wildman–Crippen LogP) is 1.06. The second kappa shape index (κ2) is 6.18. The summed E-state index contributed by atoms with van der Waals surface area (Å²) in [6.45, 7) is 4.61. The molecule has 2 aromatic rings. The van der Waals surface area contributed by atoms with Gasteiger partial charge in [-0.25, -0.2) is 0 Å². The van der Waals surface area contributed by atoms with E-state index in [9.17, 15) is 9.59 Å². The Morgan fingerprint density at radius 2 is 2.10 bits per heavy atom. The first-order valence-corrected chi connectivity index (χ1v) is 6.54. The van der Waals surface area contributed by atoms with Gasteiger partial charge in [-0.05, 0) is 18.1 Å². The van der Waals surface area contributed by atoms with Crippen molar-refractivity contribution in [1.29, 1.82) is 0 Å². The van der Waals surface area contributed by atoms with E-state index in [-0.39, 0.29) is 18.4 Å². The Bertz CT molecular complexity index is 618. The molecule has 0 atom stereocenters. The predicted molar refractivity (Wildman–Crippen MR) is 76.3 cm³/mol. The number of carbonyl (C=O) groups excluding carboxylic acids is 2. The Labute approximate surface area is 116 Å². The van der Waals surface area contributed by atoms with Crippen molar-refractivity contribution in [2.24, 2.45) is 5.92 Å². The summed E-state index contributed by atoms with van der Waals surface area (Å²) in [6.07, 6.45) is 1.69. The summed E-state index contributed by atoms with van der Waals surface area (Å²) >= 11 is 0. The van der Waals surface area contributed by atoms with Crippen molar-refractivity contribution in [2.75, 3.05) is 13.1 Å². The molecule has 0 saturated heterocycles. The van der Waals surface area contributed by atoms with Crippen molar-refractivity contribution in [3.05, 3.63) is 30.0 Å². The number of rotatable bonds is 5. The standard InChI is InChI=1S/C14H18N4O2/c1-9(2)6-15-13(19)8-16-14(20)10-3-4-11-7-17-18-12(11)5-10/h3-5,7,9H,6,8H2,1-2H3,(H,15,19)(H,16,20)(H,17,18). The Morgan fingerprint density at radius 3 is 2.85 bits per heavy atom. The molecule has 0 fully saturated rings. The first-order chi connectivity index (χ1) is 9.56. The van der Waals surface area contributed by atoms with Crippen molar-refractivity contribution in [3.8, 4) is 0 Å². The smallest absolute Gasteiger partial charge is 0.251 e. The highest BCUT2D eigenvalue weighted by atomic mass is 16.2. The van der Waals surface area contributed by atoms with Crippen LogP contribution in [0.1, 0.15) is 24.2 Å². The summed E-state index contributed by atoms with van der Waals surface area (Å²) in [5.74, 6) is -0.0756. The number of aromatic nitrogens is 2. The van der Waals surface area contributed by atoms with E-state index in [1.807, 2.05) is 19.9 Å². The number of hydrogen-bond donors (Lipinski definition) is 3. The largest absolute Gasteiger partial charge is 0.354 e. The first kappa shape index (κ1) is 14.0. The molecule has 3 N–H and O–H groups in total. The molecule has 20 heavy (non-hydrogen) atoms. The second-order valence-electron chi connectivity index (χ2n) is 5.05. The highest BCUT2D eigenvalue weighted by molar-refractivity contribution is 5.99. The van der Waals surface area contributed by atoms with Gasteiger partial charge in [-0.3, -0.25) is 14.7 Å². The number of benzene rings is 1. The second-order valence-corrected chi connectivity index (χ2v) is 5.05. The molecule has 2 rings (SSSR count). The Kier molecular flexibility index (Phi) is 4.34. The van der Waals surface area contributed by atoms with E-state index in [2.05, 4.69) is 20.8 Å². The highest BCUT2D eigenvalue weighted by Crippen LogP contribution is 2.12. The molecule has 1 heterocycles. The topological polar surface area (TPSA) is 86.9 Å². The zero-order chi connectivity index (χ0) is 14.5. The van der Waals surface area contributed by atoms with Crippen LogP contribution >= 0.6 is 0 Å². The average molecular weight is 274 g/mol. The quantitative estimate of drug-likeness (QED) is 0.762. The number of fused-ring (bicyclic) bond motifs is 1. The lowest BCUT2D eigenvalue weighted by atomic mass is 10.1. The van der Waals surface area contributed by atoms with Gasteiger partial charge in [0.25, 0.3) is 5.91 Å². The summed E-state index contributed by atoms with van der Waals surface area (Å²) in [5, 5.41) is 13.0. The van der Waals surface area contributed by atoms with Crippen LogP contribution in [-0.4, -0.2) is 35.1 Å². The van der Waals surface area contributed by atoms with Crippen LogP contribution in [0.15, 0.2) is 24.4 Å². The van der Waals surface area contributed by atoms with Crippen molar-refractivity contribution < 1.29 is 9.59 Å². The van der Waals surface area contributed by atoms with Gasteiger partial charge in [0.2, 0.25) is 5.91 Å². The Balaban J connectivity index is 1.89. The summed E-state index contributed by atoms with van der Waals surface area (Å²) in [6, 6.07) is 5.23. The van der Waals surface area contributed by atoms with Crippen LogP contribution in [0.5, 0.6) is 0 Å². The molecule has 0 aliphatic rings. The summed E-state index contributed by atoms with van der Waals surface area (Å²) in [4.78, 5) is 23.4. The minimum atomic E-state index is -0.277. The normalized spacial score (nSPS) is 10.8. The molecular weight excluding hydrogens is 256 g/mol. The van der Waals surface area contributed by atoms with Gasteiger partial charge < -0.3 is 10.6 Å². The third-order valence-corrected chi connectivity index (χ3v) is 2.82. The first-order valence-electron chi connectivity index (χ1n) is 6.54. The van der Waals surface area contributed by atoms with Crippen LogP contribution in [0.4, 0.5) is 0 Å². The Hall–Kier alpha value is -2.37. The van der Waals surface area contributed by atoms with Gasteiger partial charge in [-0.2, -0.15) is 5.10 Å². The molecule has 106 valence electrons. The lowest BCUT2D eigenvalue weighted by Gasteiger charge is -2.08. The maximum atomic E-state index is 11.9. The van der Waals surface area contributed by atoms with E-state index in [1.54, 1.807) is 18.3 Å². The highest BCUT2D eigenvalue weighted by Gasteiger charge is 2.09. The molecule has 2 amide bonds. The number of H-pyrrole nitrogens is 1. The lowest BCUT2D eigenvalue weighted by molar-refractivity contribution is -0.120. The van der Waals surface area contributed by atoms with Crippen molar-refractivity contribution in [1.82, 2.24) is 20.8 Å². The maximum Gasteiger partial charge on any atom is 0.251 e. The fourth-order valence-electron chi connectivity index (χ4n) is 1.72. The summed E-state index contributed by atoms with van der Waals surface area (Å²) in [5.41, 5.74) is 1.29. The SMILES string of the molecule is CC(C)CNC(=O)CNC(=O)c1ccc2cn[nH]c2c1. The van der Waals surface area contributed by atoms with Crippen molar-refractivity contribution in [2.45, 2.75) is 13.8 Å². The molecule has 0 spiro atoms. The zero-order valence-electron chi connectivity index (χ0n) is 11.6. The van der Waals surface area contributed by atoms with Gasteiger partial charge in [-0.1, -0.05) is 19.9 Å². The van der Waals surface area contributed by atoms with E-state index in [0.717, 1.165) is 10.9 Å². The van der Waals surface area contributed by atoms with Gasteiger partial charge in [-0.15, -0.1) is 0 Å². The third-order valence-electron chi connectivity index (χ3n) is 2.82. The van der Waals surface area contributed by atoms with Gasteiger partial charge in [0, 0.05) is 17.5 Å². The number of nitrogens with one attached hydrogen (secondary N) is 3.